The second-order valence-corrected chi connectivity index (χ2v) is 12.4. The van der Waals surface area contributed by atoms with Crippen molar-refractivity contribution in [1.29, 1.82) is 0 Å². The summed E-state index contributed by atoms with van der Waals surface area (Å²) in [6.07, 6.45) is 1.69. The van der Waals surface area contributed by atoms with Gasteiger partial charge in [0.1, 0.15) is 0 Å². The Balaban J connectivity index is 2.77. The molecule has 192 valence electrons. The van der Waals surface area contributed by atoms with Crippen LogP contribution in [0.4, 0.5) is 0 Å². The van der Waals surface area contributed by atoms with Gasteiger partial charge in [-0.15, -0.1) is 0 Å². The van der Waals surface area contributed by atoms with Gasteiger partial charge in [-0.1, -0.05) is 0 Å². The highest BCUT2D eigenvalue weighted by atomic mass is 16.6. The van der Waals surface area contributed by atoms with Crippen LogP contribution < -0.4 is 0 Å². The summed E-state index contributed by atoms with van der Waals surface area (Å²) in [5, 5.41) is 24.5. The van der Waals surface area contributed by atoms with E-state index in [1.54, 1.807) is 13.8 Å². The van der Waals surface area contributed by atoms with Crippen molar-refractivity contribution in [2.75, 3.05) is 13.2 Å². The molecule has 2 fully saturated rings. The number of piperidine rings is 2. The summed E-state index contributed by atoms with van der Waals surface area (Å²) in [5.74, 6) is -1.94. The predicted molar refractivity (Wildman–Crippen MR) is 125 cm³/mol. The molecule has 2 aliphatic heterocycles. The number of hydroxylamine groups is 4. The predicted octanol–water partition coefficient (Wildman–Crippen LogP) is 4.42. The van der Waals surface area contributed by atoms with Crippen LogP contribution in [0.1, 0.15) is 94.9 Å². The first-order valence-corrected chi connectivity index (χ1v) is 12.2. The zero-order valence-electron chi connectivity index (χ0n) is 22.3. The van der Waals surface area contributed by atoms with Gasteiger partial charge in [0.05, 0.1) is 13.2 Å². The number of rotatable bonds is 6. The van der Waals surface area contributed by atoms with E-state index in [2.05, 4.69) is 0 Å². The van der Waals surface area contributed by atoms with Crippen LogP contribution in [0, 0.1) is 17.3 Å². The van der Waals surface area contributed by atoms with E-state index in [1.807, 2.05) is 55.4 Å². The van der Waals surface area contributed by atoms with Gasteiger partial charge in [0.15, 0.2) is 5.41 Å². The highest BCUT2D eigenvalue weighted by Gasteiger charge is 2.66. The molecule has 8 heteroatoms. The zero-order valence-corrected chi connectivity index (χ0v) is 22.3. The van der Waals surface area contributed by atoms with Gasteiger partial charge < -0.3 is 19.9 Å². The number of carbonyl (C=O) groups is 2. The van der Waals surface area contributed by atoms with E-state index in [-0.39, 0.29) is 13.2 Å². The molecule has 0 radical (unpaired) electrons. The molecule has 2 saturated heterocycles. The third-order valence-corrected chi connectivity index (χ3v) is 7.79. The Bertz CT molecular complexity index is 647. The highest BCUT2D eigenvalue weighted by molar-refractivity contribution is 6.01. The van der Waals surface area contributed by atoms with E-state index in [4.69, 9.17) is 9.47 Å². The van der Waals surface area contributed by atoms with Gasteiger partial charge in [-0.25, -0.2) is 0 Å². The van der Waals surface area contributed by atoms with E-state index in [9.17, 15) is 20.0 Å². The number of nitrogens with zero attached hydrogens (tertiary/aromatic N) is 2. The molecule has 0 aliphatic carbocycles. The fourth-order valence-electron chi connectivity index (χ4n) is 6.77. The molecule has 2 aliphatic rings. The number of hydrogen-bond acceptors (Lipinski definition) is 8. The summed E-state index contributed by atoms with van der Waals surface area (Å²) in [4.78, 5) is 27.8. The number of hydrogen-bond donors (Lipinski definition) is 2. The maximum atomic E-state index is 13.9. The monoisotopic (exact) mass is 470 g/mol. The van der Waals surface area contributed by atoms with Gasteiger partial charge in [-0.3, -0.25) is 9.59 Å². The zero-order chi connectivity index (χ0) is 25.6. The van der Waals surface area contributed by atoms with Crippen molar-refractivity contribution < 1.29 is 29.5 Å². The van der Waals surface area contributed by atoms with Crippen molar-refractivity contribution in [2.24, 2.45) is 17.3 Å². The van der Waals surface area contributed by atoms with Crippen molar-refractivity contribution in [2.45, 2.75) is 117 Å². The van der Waals surface area contributed by atoms with E-state index in [0.29, 0.717) is 25.7 Å². The van der Waals surface area contributed by atoms with Crippen LogP contribution in [0.3, 0.4) is 0 Å². The Morgan fingerprint density at radius 2 is 0.939 bits per heavy atom. The minimum atomic E-state index is -1.54. The second-order valence-electron chi connectivity index (χ2n) is 12.4. The molecule has 0 aromatic rings. The lowest BCUT2D eigenvalue weighted by Crippen LogP contribution is -2.68. The summed E-state index contributed by atoms with van der Waals surface area (Å²) >= 11 is 0. The first kappa shape index (κ1) is 28.0. The first-order valence-electron chi connectivity index (χ1n) is 12.2. The fraction of sp³-hybridized carbons (Fsp3) is 0.920. The topological polar surface area (TPSA) is 99.5 Å². The normalized spacial score (nSPS) is 26.1. The summed E-state index contributed by atoms with van der Waals surface area (Å²) < 4.78 is 11.2. The molecule has 0 atom stereocenters. The Morgan fingerprint density at radius 3 is 1.15 bits per heavy atom. The molecular formula is C25H46N2O6. The first-order chi connectivity index (χ1) is 14.9. The molecule has 2 heterocycles. The van der Waals surface area contributed by atoms with Gasteiger partial charge in [0.25, 0.3) is 0 Å². The Kier molecular flexibility index (Phi) is 7.72. The average molecular weight is 471 g/mol. The van der Waals surface area contributed by atoms with Crippen LogP contribution in [0.5, 0.6) is 0 Å². The standard InChI is InChI=1S/C25H46N2O6/c1-11-32-19(28)25(20(29)33-12-2,17-13-21(3,4)26(30)22(5,6)14-17)18-15-23(7,8)27(31)24(9,10)16-18/h17-18,30-31H,11-16H2,1-10H3. The summed E-state index contributed by atoms with van der Waals surface area (Å²) in [6.45, 7) is 19.2. The minimum absolute atomic E-state index is 0.150. The summed E-state index contributed by atoms with van der Waals surface area (Å²) in [6, 6.07) is 0. The molecule has 0 aromatic heterocycles. The van der Waals surface area contributed by atoms with E-state index < -0.39 is 51.3 Å². The maximum absolute atomic E-state index is 13.9. The van der Waals surface area contributed by atoms with Crippen LogP contribution in [-0.4, -0.2) is 67.8 Å². The van der Waals surface area contributed by atoms with Crippen LogP contribution in [-0.2, 0) is 19.1 Å². The van der Waals surface area contributed by atoms with E-state index in [0.717, 1.165) is 0 Å². The Hall–Kier alpha value is -1.22. The lowest BCUT2D eigenvalue weighted by Gasteiger charge is -2.59. The van der Waals surface area contributed by atoms with Gasteiger partial charge >= 0.3 is 11.9 Å². The van der Waals surface area contributed by atoms with Gasteiger partial charge in [-0.2, -0.15) is 10.1 Å². The third kappa shape index (κ3) is 4.81. The molecule has 0 spiro atoms. The van der Waals surface area contributed by atoms with E-state index >= 15 is 0 Å². The fourth-order valence-corrected chi connectivity index (χ4v) is 6.77. The van der Waals surface area contributed by atoms with Crippen LogP contribution in [0.2, 0.25) is 0 Å². The van der Waals surface area contributed by atoms with Crippen molar-refractivity contribution >= 4 is 11.9 Å². The lowest BCUT2D eigenvalue weighted by molar-refractivity contribution is -0.276. The summed E-state index contributed by atoms with van der Waals surface area (Å²) in [5.41, 5.74) is -4.21. The van der Waals surface area contributed by atoms with Gasteiger partial charge in [0.2, 0.25) is 0 Å². The molecule has 0 amide bonds. The maximum Gasteiger partial charge on any atom is 0.324 e. The third-order valence-electron chi connectivity index (χ3n) is 7.79. The van der Waals surface area contributed by atoms with Gasteiger partial charge in [0, 0.05) is 22.2 Å². The quantitative estimate of drug-likeness (QED) is 0.435. The average Bonchev–Trinajstić information content (AvgIpc) is 2.64. The molecule has 8 nitrogen and oxygen atoms in total. The second kappa shape index (κ2) is 9.10. The van der Waals surface area contributed by atoms with Crippen molar-refractivity contribution in [3.8, 4) is 0 Å². The Morgan fingerprint density at radius 1 is 0.697 bits per heavy atom. The largest absolute Gasteiger partial charge is 0.465 e. The smallest absolute Gasteiger partial charge is 0.324 e. The van der Waals surface area contributed by atoms with Gasteiger partial charge in [-0.05, 0) is 107 Å². The Labute approximate surface area is 199 Å². The number of esters is 2. The molecule has 0 saturated carbocycles. The molecule has 0 bridgehead atoms. The van der Waals surface area contributed by atoms with Crippen LogP contribution in [0.25, 0.3) is 0 Å². The van der Waals surface area contributed by atoms with Crippen molar-refractivity contribution in [3.63, 3.8) is 0 Å². The molecule has 2 rings (SSSR count). The van der Waals surface area contributed by atoms with Crippen LogP contribution in [0.15, 0.2) is 0 Å². The number of ether oxygens (including phenoxy) is 2. The molecule has 0 unspecified atom stereocenters. The molecular weight excluding hydrogens is 424 g/mol. The lowest BCUT2D eigenvalue weighted by atomic mass is 9.54. The van der Waals surface area contributed by atoms with E-state index in [1.165, 1.54) is 10.1 Å². The molecule has 0 aromatic carbocycles. The van der Waals surface area contributed by atoms with Crippen molar-refractivity contribution in [3.05, 3.63) is 0 Å². The molecule has 33 heavy (non-hydrogen) atoms. The SMILES string of the molecule is CCOC(=O)C(C(=O)OCC)(C1CC(C)(C)N(O)C(C)(C)C1)C1CC(C)(C)N(O)C(C)(C)C1. The molecule has 2 N–H and O–H groups in total. The minimum Gasteiger partial charge on any atom is -0.465 e. The van der Waals surface area contributed by atoms with Crippen LogP contribution >= 0.6 is 0 Å². The van der Waals surface area contributed by atoms with Crippen molar-refractivity contribution in [1.82, 2.24) is 10.1 Å². The highest BCUT2D eigenvalue weighted by Crippen LogP contribution is 2.57. The summed E-state index contributed by atoms with van der Waals surface area (Å²) in [7, 11) is 0. The number of carbonyl (C=O) groups excluding carboxylic acids is 2.